The summed E-state index contributed by atoms with van der Waals surface area (Å²) in [4.78, 5) is 22.7. The Labute approximate surface area is 133 Å². The SMILES string of the molecule is Cc1cccc(OCC(=O)Nc2ccc(C(=O)O)cc2O)c1C. The summed E-state index contributed by atoms with van der Waals surface area (Å²) in [6.07, 6.45) is 0. The van der Waals surface area contributed by atoms with Gasteiger partial charge in [0.15, 0.2) is 6.61 Å². The van der Waals surface area contributed by atoms with Gasteiger partial charge in [-0.3, -0.25) is 4.79 Å². The van der Waals surface area contributed by atoms with Gasteiger partial charge < -0.3 is 20.3 Å². The van der Waals surface area contributed by atoms with E-state index in [0.717, 1.165) is 17.2 Å². The summed E-state index contributed by atoms with van der Waals surface area (Å²) in [6.45, 7) is 3.63. The number of amides is 1. The Balaban J connectivity index is 2.00. The predicted octanol–water partition coefficient (Wildman–Crippen LogP) is 2.72. The summed E-state index contributed by atoms with van der Waals surface area (Å²) >= 11 is 0. The van der Waals surface area contributed by atoms with Gasteiger partial charge in [0.1, 0.15) is 11.5 Å². The minimum atomic E-state index is -1.16. The first-order valence-corrected chi connectivity index (χ1v) is 6.93. The molecule has 0 unspecified atom stereocenters. The number of hydrogen-bond donors (Lipinski definition) is 3. The van der Waals surface area contributed by atoms with Crippen molar-refractivity contribution in [3.05, 3.63) is 53.1 Å². The van der Waals surface area contributed by atoms with E-state index in [2.05, 4.69) is 5.32 Å². The number of nitrogens with one attached hydrogen (secondary N) is 1. The quantitative estimate of drug-likeness (QED) is 0.737. The summed E-state index contributed by atoms with van der Waals surface area (Å²) in [7, 11) is 0. The second-order valence-electron chi connectivity index (χ2n) is 5.07. The standard InChI is InChI=1S/C17H17NO5/c1-10-4-3-5-15(11(10)2)23-9-16(20)18-13-7-6-12(17(21)22)8-14(13)19/h3-8,19H,9H2,1-2H3,(H,18,20)(H,21,22). The zero-order valence-electron chi connectivity index (χ0n) is 12.8. The minimum absolute atomic E-state index is 0.0628. The van der Waals surface area contributed by atoms with E-state index < -0.39 is 11.9 Å². The molecule has 0 bridgehead atoms. The molecule has 2 aromatic carbocycles. The van der Waals surface area contributed by atoms with Crippen LogP contribution in [0.4, 0.5) is 5.69 Å². The molecule has 2 aromatic rings. The van der Waals surface area contributed by atoms with E-state index in [0.29, 0.717) is 5.75 Å². The summed E-state index contributed by atoms with van der Waals surface area (Å²) in [5.41, 5.74) is 2.08. The zero-order chi connectivity index (χ0) is 17.0. The minimum Gasteiger partial charge on any atom is -0.506 e. The van der Waals surface area contributed by atoms with Gasteiger partial charge in [-0.15, -0.1) is 0 Å². The number of carboxylic acids is 1. The Morgan fingerprint density at radius 3 is 2.57 bits per heavy atom. The van der Waals surface area contributed by atoms with Crippen LogP contribution in [-0.2, 0) is 4.79 Å². The highest BCUT2D eigenvalue weighted by atomic mass is 16.5. The van der Waals surface area contributed by atoms with Gasteiger partial charge in [-0.2, -0.15) is 0 Å². The number of aromatic hydroxyl groups is 1. The average molecular weight is 315 g/mol. The molecule has 0 saturated carbocycles. The Hall–Kier alpha value is -3.02. The first-order chi connectivity index (χ1) is 10.9. The second-order valence-corrected chi connectivity index (χ2v) is 5.07. The molecule has 0 radical (unpaired) electrons. The van der Waals surface area contributed by atoms with Gasteiger partial charge in [-0.1, -0.05) is 12.1 Å². The first-order valence-electron chi connectivity index (χ1n) is 6.93. The van der Waals surface area contributed by atoms with Crippen molar-refractivity contribution in [2.24, 2.45) is 0 Å². The van der Waals surface area contributed by atoms with Gasteiger partial charge in [0.05, 0.1) is 11.3 Å². The van der Waals surface area contributed by atoms with Crippen LogP contribution in [-0.4, -0.2) is 28.7 Å². The molecule has 1 amide bonds. The topological polar surface area (TPSA) is 95.9 Å². The molecular weight excluding hydrogens is 298 g/mol. The van der Waals surface area contributed by atoms with E-state index in [-0.39, 0.29) is 23.6 Å². The van der Waals surface area contributed by atoms with Crippen molar-refractivity contribution in [1.82, 2.24) is 0 Å². The van der Waals surface area contributed by atoms with Crippen LogP contribution in [0.2, 0.25) is 0 Å². The molecular formula is C17H17NO5. The van der Waals surface area contributed by atoms with Crippen molar-refractivity contribution in [1.29, 1.82) is 0 Å². The van der Waals surface area contributed by atoms with Gasteiger partial charge in [0.2, 0.25) is 0 Å². The molecule has 6 heteroatoms. The number of aromatic carboxylic acids is 1. The third-order valence-electron chi connectivity index (χ3n) is 3.43. The van der Waals surface area contributed by atoms with Crippen molar-refractivity contribution in [2.75, 3.05) is 11.9 Å². The Bertz CT molecular complexity index is 755. The maximum absolute atomic E-state index is 11.9. The van der Waals surface area contributed by atoms with Gasteiger partial charge in [0.25, 0.3) is 5.91 Å². The first kappa shape index (κ1) is 16.4. The van der Waals surface area contributed by atoms with Crippen LogP contribution >= 0.6 is 0 Å². The monoisotopic (exact) mass is 315 g/mol. The van der Waals surface area contributed by atoms with E-state index >= 15 is 0 Å². The summed E-state index contributed by atoms with van der Waals surface area (Å²) in [5, 5.41) is 21.0. The summed E-state index contributed by atoms with van der Waals surface area (Å²) in [6, 6.07) is 9.26. The number of phenolic OH excluding ortho intramolecular Hbond substituents is 1. The lowest BCUT2D eigenvalue weighted by Crippen LogP contribution is -2.20. The van der Waals surface area contributed by atoms with Crippen molar-refractivity contribution in [2.45, 2.75) is 13.8 Å². The highest BCUT2D eigenvalue weighted by Gasteiger charge is 2.11. The van der Waals surface area contributed by atoms with Crippen LogP contribution in [0.5, 0.6) is 11.5 Å². The van der Waals surface area contributed by atoms with E-state index in [9.17, 15) is 14.7 Å². The van der Waals surface area contributed by atoms with Crippen LogP contribution < -0.4 is 10.1 Å². The molecule has 0 aliphatic carbocycles. The zero-order valence-corrected chi connectivity index (χ0v) is 12.8. The third-order valence-corrected chi connectivity index (χ3v) is 3.43. The smallest absolute Gasteiger partial charge is 0.335 e. The van der Waals surface area contributed by atoms with Gasteiger partial charge >= 0.3 is 5.97 Å². The van der Waals surface area contributed by atoms with Crippen molar-refractivity contribution >= 4 is 17.6 Å². The lowest BCUT2D eigenvalue weighted by atomic mass is 10.1. The molecule has 6 nitrogen and oxygen atoms in total. The molecule has 0 fully saturated rings. The molecule has 2 rings (SSSR count). The van der Waals surface area contributed by atoms with Crippen LogP contribution in [0.1, 0.15) is 21.5 Å². The van der Waals surface area contributed by atoms with Gasteiger partial charge in [0, 0.05) is 0 Å². The number of hydrogen-bond acceptors (Lipinski definition) is 4. The molecule has 0 spiro atoms. The van der Waals surface area contributed by atoms with Crippen molar-refractivity contribution < 1.29 is 24.5 Å². The fourth-order valence-electron chi connectivity index (χ4n) is 1.98. The molecule has 0 aromatic heterocycles. The van der Waals surface area contributed by atoms with Crippen molar-refractivity contribution in [3.63, 3.8) is 0 Å². The lowest BCUT2D eigenvalue weighted by Gasteiger charge is -2.11. The van der Waals surface area contributed by atoms with Crippen molar-refractivity contribution in [3.8, 4) is 11.5 Å². The number of benzene rings is 2. The number of anilines is 1. The molecule has 0 atom stereocenters. The fraction of sp³-hybridized carbons (Fsp3) is 0.176. The van der Waals surface area contributed by atoms with E-state index in [1.807, 2.05) is 26.0 Å². The van der Waals surface area contributed by atoms with E-state index in [1.54, 1.807) is 6.07 Å². The predicted molar refractivity (Wildman–Crippen MR) is 85.1 cm³/mol. The van der Waals surface area contributed by atoms with E-state index in [1.165, 1.54) is 12.1 Å². The fourth-order valence-corrected chi connectivity index (χ4v) is 1.98. The number of carbonyl (C=O) groups is 2. The highest BCUT2D eigenvalue weighted by Crippen LogP contribution is 2.24. The van der Waals surface area contributed by atoms with Crippen LogP contribution in [0.25, 0.3) is 0 Å². The molecule has 3 N–H and O–H groups in total. The summed E-state index contributed by atoms with van der Waals surface area (Å²) in [5.74, 6) is -1.31. The number of carboxylic acid groups (broad SMARTS) is 1. The van der Waals surface area contributed by atoms with Crippen LogP contribution in [0.3, 0.4) is 0 Å². The Morgan fingerprint density at radius 2 is 1.91 bits per heavy atom. The molecule has 0 aliphatic rings. The number of rotatable bonds is 5. The Kier molecular flexibility index (Phi) is 4.85. The van der Waals surface area contributed by atoms with Crippen LogP contribution in [0, 0.1) is 13.8 Å². The van der Waals surface area contributed by atoms with Gasteiger partial charge in [-0.25, -0.2) is 4.79 Å². The molecule has 0 heterocycles. The number of ether oxygens (including phenoxy) is 1. The molecule has 120 valence electrons. The van der Waals surface area contributed by atoms with Crippen LogP contribution in [0.15, 0.2) is 36.4 Å². The molecule has 0 saturated heterocycles. The number of phenols is 1. The van der Waals surface area contributed by atoms with E-state index in [4.69, 9.17) is 9.84 Å². The third kappa shape index (κ3) is 4.00. The number of aryl methyl sites for hydroxylation is 1. The largest absolute Gasteiger partial charge is 0.506 e. The maximum atomic E-state index is 11.9. The normalized spacial score (nSPS) is 10.2. The second kappa shape index (κ2) is 6.83. The number of carbonyl (C=O) groups excluding carboxylic acids is 1. The lowest BCUT2D eigenvalue weighted by molar-refractivity contribution is -0.118. The van der Waals surface area contributed by atoms with Gasteiger partial charge in [-0.05, 0) is 49.2 Å². The highest BCUT2D eigenvalue weighted by molar-refractivity contribution is 5.95. The summed E-state index contributed by atoms with van der Waals surface area (Å²) < 4.78 is 5.47. The molecule has 23 heavy (non-hydrogen) atoms. The maximum Gasteiger partial charge on any atom is 0.335 e. The molecule has 0 aliphatic heterocycles. The average Bonchev–Trinajstić information content (AvgIpc) is 2.50. The Morgan fingerprint density at radius 1 is 1.17 bits per heavy atom.